The van der Waals surface area contributed by atoms with Gasteiger partial charge in [-0.05, 0) is 17.5 Å². The van der Waals surface area contributed by atoms with Crippen LogP contribution in [0.3, 0.4) is 0 Å². The molecular weight excluding hydrogens is 418 g/mol. The zero-order valence-electron chi connectivity index (χ0n) is 19.2. The molecule has 0 N–H and O–H groups in total. The highest BCUT2D eigenvalue weighted by Gasteiger charge is 2.22. The maximum absolute atomic E-state index is 6.12. The van der Waals surface area contributed by atoms with Crippen LogP contribution in [0.15, 0.2) is 36.9 Å². The Hall–Kier alpha value is -2.68. The van der Waals surface area contributed by atoms with E-state index in [0.29, 0.717) is 31.6 Å². The lowest BCUT2D eigenvalue weighted by Crippen LogP contribution is -2.39. The van der Waals surface area contributed by atoms with E-state index in [2.05, 4.69) is 45.5 Å². The van der Waals surface area contributed by atoms with E-state index in [-0.39, 0.29) is 0 Å². The zero-order chi connectivity index (χ0) is 22.5. The normalized spacial score (nSPS) is 19.3. The smallest absolute Gasteiger partial charge is 0.229 e. The number of hydrogen-bond donors (Lipinski definition) is 0. The van der Waals surface area contributed by atoms with Gasteiger partial charge in [-0.25, -0.2) is 4.98 Å². The molecule has 4 heterocycles. The van der Waals surface area contributed by atoms with Crippen molar-refractivity contribution in [3.05, 3.63) is 53.7 Å². The minimum atomic E-state index is 0.586. The summed E-state index contributed by atoms with van der Waals surface area (Å²) in [7, 11) is 0. The van der Waals surface area contributed by atoms with Gasteiger partial charge in [0, 0.05) is 51.9 Å². The van der Waals surface area contributed by atoms with Crippen molar-refractivity contribution >= 4 is 11.6 Å². The van der Waals surface area contributed by atoms with E-state index in [1.165, 1.54) is 11.1 Å². The summed E-state index contributed by atoms with van der Waals surface area (Å²) in [5.74, 6) is 1.30. The van der Waals surface area contributed by atoms with Crippen LogP contribution in [0, 0.1) is 0 Å². The van der Waals surface area contributed by atoms with Crippen LogP contribution in [0.4, 0.5) is 5.95 Å². The third-order valence-electron chi connectivity index (χ3n) is 6.55. The maximum atomic E-state index is 6.12. The van der Waals surface area contributed by atoms with Crippen molar-refractivity contribution in [2.75, 3.05) is 77.2 Å². The number of benzene rings is 1. The highest BCUT2D eigenvalue weighted by molar-refractivity contribution is 5.61. The highest BCUT2D eigenvalue weighted by atomic mass is 16.5. The molecule has 176 valence electrons. The van der Waals surface area contributed by atoms with Gasteiger partial charge in [0.2, 0.25) is 11.8 Å². The summed E-state index contributed by atoms with van der Waals surface area (Å²) in [6.07, 6.45) is 1.01. The van der Waals surface area contributed by atoms with Gasteiger partial charge in [-0.3, -0.25) is 4.90 Å². The Kier molecular flexibility index (Phi) is 7.04. The van der Waals surface area contributed by atoms with Crippen LogP contribution in [0.2, 0.25) is 0 Å². The summed E-state index contributed by atoms with van der Waals surface area (Å²) in [6.45, 7) is 14.0. The maximum Gasteiger partial charge on any atom is 0.229 e. The molecule has 0 radical (unpaired) electrons. The standard InChI is InChI=1S/C25H33N5O3/c1-20(30-7-6-21-4-2-3-5-22(21)19-30)23-18-24(33-17-10-28-8-13-31-14-9-28)27-25(26-23)29-11-15-32-16-12-29/h2-5,18H,1,6-17,19H2. The molecule has 0 atom stereocenters. The lowest BCUT2D eigenvalue weighted by Gasteiger charge is -2.32. The molecule has 2 fully saturated rings. The molecule has 8 heteroatoms. The third kappa shape index (κ3) is 5.46. The predicted octanol–water partition coefficient (Wildman–Crippen LogP) is 2.05. The molecule has 0 aliphatic carbocycles. The Bertz CT molecular complexity index is 957. The van der Waals surface area contributed by atoms with Crippen molar-refractivity contribution in [1.82, 2.24) is 19.8 Å². The van der Waals surface area contributed by atoms with Gasteiger partial charge < -0.3 is 24.0 Å². The minimum absolute atomic E-state index is 0.586. The summed E-state index contributed by atoms with van der Waals surface area (Å²) < 4.78 is 17.1. The number of hydrogen-bond acceptors (Lipinski definition) is 8. The van der Waals surface area contributed by atoms with E-state index in [4.69, 9.17) is 24.2 Å². The quantitative estimate of drug-likeness (QED) is 0.634. The fourth-order valence-electron chi connectivity index (χ4n) is 4.53. The van der Waals surface area contributed by atoms with Crippen LogP contribution in [0.1, 0.15) is 16.8 Å². The number of nitrogens with zero attached hydrogens (tertiary/aromatic N) is 5. The van der Waals surface area contributed by atoms with Crippen LogP contribution in [0.25, 0.3) is 5.70 Å². The number of morpholine rings is 2. The van der Waals surface area contributed by atoms with Gasteiger partial charge in [-0.1, -0.05) is 30.8 Å². The molecule has 0 bridgehead atoms. The summed E-state index contributed by atoms with van der Waals surface area (Å²) in [6, 6.07) is 10.6. The molecule has 2 saturated heterocycles. The number of ether oxygens (including phenoxy) is 3. The number of aromatic nitrogens is 2. The van der Waals surface area contributed by atoms with Crippen molar-refractivity contribution in [2.45, 2.75) is 13.0 Å². The first kappa shape index (κ1) is 22.1. The third-order valence-corrected chi connectivity index (χ3v) is 6.55. The first-order valence-corrected chi connectivity index (χ1v) is 11.9. The van der Waals surface area contributed by atoms with Crippen LogP contribution >= 0.6 is 0 Å². The Morgan fingerprint density at radius 3 is 2.45 bits per heavy atom. The van der Waals surface area contributed by atoms with Crippen molar-refractivity contribution in [2.24, 2.45) is 0 Å². The Balaban J connectivity index is 1.32. The average Bonchev–Trinajstić information content (AvgIpc) is 2.89. The summed E-state index contributed by atoms with van der Waals surface area (Å²) in [5.41, 5.74) is 4.52. The predicted molar refractivity (Wildman–Crippen MR) is 127 cm³/mol. The Morgan fingerprint density at radius 1 is 0.939 bits per heavy atom. The molecule has 8 nitrogen and oxygen atoms in total. The molecule has 2 aromatic rings. The minimum Gasteiger partial charge on any atom is -0.476 e. The average molecular weight is 452 g/mol. The van der Waals surface area contributed by atoms with E-state index >= 15 is 0 Å². The van der Waals surface area contributed by atoms with Gasteiger partial charge >= 0.3 is 0 Å². The molecular formula is C25H33N5O3. The molecule has 0 unspecified atom stereocenters. The van der Waals surface area contributed by atoms with Crippen LogP contribution in [-0.4, -0.2) is 92.1 Å². The van der Waals surface area contributed by atoms with Gasteiger partial charge in [0.1, 0.15) is 6.61 Å². The number of fused-ring (bicyclic) bond motifs is 1. The highest BCUT2D eigenvalue weighted by Crippen LogP contribution is 2.28. The molecule has 0 saturated carbocycles. The largest absolute Gasteiger partial charge is 0.476 e. The molecule has 3 aliphatic heterocycles. The number of anilines is 1. The van der Waals surface area contributed by atoms with Gasteiger partial charge in [0.25, 0.3) is 0 Å². The second kappa shape index (κ2) is 10.5. The molecule has 33 heavy (non-hydrogen) atoms. The fourth-order valence-corrected chi connectivity index (χ4v) is 4.53. The topological polar surface area (TPSA) is 63.2 Å². The summed E-state index contributed by atoms with van der Waals surface area (Å²) in [4.78, 5) is 16.5. The molecule has 0 spiro atoms. The number of rotatable bonds is 7. The van der Waals surface area contributed by atoms with Gasteiger partial charge in [0.05, 0.1) is 37.8 Å². The summed E-state index contributed by atoms with van der Waals surface area (Å²) >= 11 is 0. The molecule has 0 amide bonds. The second-order valence-corrected chi connectivity index (χ2v) is 8.68. The van der Waals surface area contributed by atoms with E-state index in [0.717, 1.165) is 76.8 Å². The van der Waals surface area contributed by atoms with Crippen molar-refractivity contribution in [3.8, 4) is 5.88 Å². The molecule has 1 aromatic heterocycles. The lowest BCUT2D eigenvalue weighted by molar-refractivity contribution is 0.0320. The van der Waals surface area contributed by atoms with Gasteiger partial charge in [-0.2, -0.15) is 4.98 Å². The molecule has 1 aromatic carbocycles. The van der Waals surface area contributed by atoms with Gasteiger partial charge in [-0.15, -0.1) is 0 Å². The lowest BCUT2D eigenvalue weighted by atomic mass is 9.99. The van der Waals surface area contributed by atoms with Crippen molar-refractivity contribution in [1.29, 1.82) is 0 Å². The molecule has 3 aliphatic rings. The van der Waals surface area contributed by atoms with Crippen LogP contribution < -0.4 is 9.64 Å². The van der Waals surface area contributed by atoms with Crippen molar-refractivity contribution < 1.29 is 14.2 Å². The van der Waals surface area contributed by atoms with Crippen LogP contribution in [-0.2, 0) is 22.4 Å². The Morgan fingerprint density at radius 2 is 1.67 bits per heavy atom. The fraction of sp³-hybridized carbons (Fsp3) is 0.520. The van der Waals surface area contributed by atoms with E-state index < -0.39 is 0 Å². The van der Waals surface area contributed by atoms with E-state index in [1.807, 2.05) is 6.07 Å². The first-order valence-electron chi connectivity index (χ1n) is 11.9. The Labute approximate surface area is 195 Å². The monoisotopic (exact) mass is 451 g/mol. The van der Waals surface area contributed by atoms with Gasteiger partial charge in [0.15, 0.2) is 0 Å². The van der Waals surface area contributed by atoms with E-state index in [1.54, 1.807) is 0 Å². The second-order valence-electron chi connectivity index (χ2n) is 8.68. The van der Waals surface area contributed by atoms with Crippen molar-refractivity contribution in [3.63, 3.8) is 0 Å². The molecule has 5 rings (SSSR count). The zero-order valence-corrected chi connectivity index (χ0v) is 19.2. The van der Waals surface area contributed by atoms with Crippen LogP contribution in [0.5, 0.6) is 5.88 Å². The SMILES string of the molecule is C=C(c1cc(OCCN2CCOCC2)nc(N2CCOCC2)n1)N1CCc2ccccc2C1. The summed E-state index contributed by atoms with van der Waals surface area (Å²) in [5, 5.41) is 0. The van der Waals surface area contributed by atoms with E-state index in [9.17, 15) is 0 Å². The first-order chi connectivity index (χ1) is 16.3.